The molecule has 1 rings (SSSR count). The van der Waals surface area contributed by atoms with Crippen molar-refractivity contribution in [2.75, 3.05) is 25.2 Å². The van der Waals surface area contributed by atoms with Crippen LogP contribution < -0.4 is 11.1 Å². The van der Waals surface area contributed by atoms with Crippen molar-refractivity contribution in [2.45, 2.75) is 45.3 Å². The van der Waals surface area contributed by atoms with Crippen molar-refractivity contribution in [3.8, 4) is 0 Å². The summed E-state index contributed by atoms with van der Waals surface area (Å²) in [4.78, 5) is 12.2. The highest BCUT2D eigenvalue weighted by atomic mass is 32.2. The fraction of sp³-hybridized carbons (Fsp3) is 0.923. The Balaban J connectivity index is 2.48. The van der Waals surface area contributed by atoms with Gasteiger partial charge in [-0.05, 0) is 13.3 Å². The summed E-state index contributed by atoms with van der Waals surface area (Å²) in [5.41, 5.74) is 4.83. The Labute approximate surface area is 121 Å². The summed E-state index contributed by atoms with van der Waals surface area (Å²) in [6.45, 7) is 6.68. The third-order valence-electron chi connectivity index (χ3n) is 4.21. The first kappa shape index (κ1) is 17.4. The molecule has 1 saturated carbocycles. The highest BCUT2D eigenvalue weighted by Crippen LogP contribution is 2.49. The first-order valence-corrected chi connectivity index (χ1v) is 8.97. The molecule has 0 aromatic heterocycles. The van der Waals surface area contributed by atoms with Crippen molar-refractivity contribution in [3.63, 3.8) is 0 Å². The van der Waals surface area contributed by atoms with Gasteiger partial charge >= 0.3 is 0 Å². The Morgan fingerprint density at radius 3 is 2.50 bits per heavy atom. The monoisotopic (exact) mass is 306 g/mol. The number of sulfone groups is 1. The first-order valence-electron chi connectivity index (χ1n) is 6.91. The quantitative estimate of drug-likeness (QED) is 0.649. The van der Waals surface area contributed by atoms with Crippen LogP contribution in [0.2, 0.25) is 0 Å². The lowest BCUT2D eigenvalue weighted by Gasteiger charge is -2.57. The molecule has 0 heterocycles. The van der Waals surface area contributed by atoms with Gasteiger partial charge in [-0.25, -0.2) is 8.42 Å². The average Bonchev–Trinajstić information content (AvgIpc) is 2.32. The molecule has 1 aliphatic rings. The second kappa shape index (κ2) is 5.99. The van der Waals surface area contributed by atoms with Crippen molar-refractivity contribution in [2.24, 2.45) is 11.1 Å². The van der Waals surface area contributed by atoms with Crippen LogP contribution in [0.25, 0.3) is 0 Å². The number of nitrogens with two attached hydrogens (primary N) is 1. The summed E-state index contributed by atoms with van der Waals surface area (Å²) >= 11 is 0. The zero-order valence-electron chi connectivity index (χ0n) is 12.7. The molecule has 20 heavy (non-hydrogen) atoms. The van der Waals surface area contributed by atoms with Crippen LogP contribution in [0.1, 0.15) is 33.6 Å². The van der Waals surface area contributed by atoms with E-state index in [9.17, 15) is 13.2 Å². The van der Waals surface area contributed by atoms with Crippen LogP contribution in [0.15, 0.2) is 0 Å². The Morgan fingerprint density at radius 2 is 2.05 bits per heavy atom. The van der Waals surface area contributed by atoms with Gasteiger partial charge in [0.25, 0.3) is 0 Å². The number of ether oxygens (including phenoxy) is 1. The molecule has 0 bridgehead atoms. The number of hydrogen-bond acceptors (Lipinski definition) is 5. The molecule has 0 radical (unpaired) electrons. The van der Waals surface area contributed by atoms with Gasteiger partial charge in [-0.3, -0.25) is 4.79 Å². The number of rotatable bonds is 7. The van der Waals surface area contributed by atoms with Gasteiger partial charge in [0.05, 0.1) is 11.9 Å². The van der Waals surface area contributed by atoms with Gasteiger partial charge in [-0.15, -0.1) is 0 Å². The van der Waals surface area contributed by atoms with Gasteiger partial charge in [-0.1, -0.05) is 13.8 Å². The van der Waals surface area contributed by atoms with Crippen LogP contribution in [0.3, 0.4) is 0 Å². The molecule has 1 aliphatic carbocycles. The zero-order valence-corrected chi connectivity index (χ0v) is 13.5. The molecule has 2 unspecified atom stereocenters. The first-order chi connectivity index (χ1) is 9.04. The highest BCUT2D eigenvalue weighted by molar-refractivity contribution is 7.90. The van der Waals surface area contributed by atoms with Gasteiger partial charge in [0, 0.05) is 31.2 Å². The minimum absolute atomic E-state index is 0.0146. The number of nitrogens with one attached hydrogen (secondary N) is 1. The summed E-state index contributed by atoms with van der Waals surface area (Å²) in [5, 5.41) is 2.73. The van der Waals surface area contributed by atoms with Gasteiger partial charge < -0.3 is 15.8 Å². The third-order valence-corrected chi connectivity index (χ3v) is 5.24. The molecule has 3 N–H and O–H groups in total. The number of carbonyl (C=O) groups excluding carboxylic acids is 1. The molecule has 1 fully saturated rings. The van der Waals surface area contributed by atoms with E-state index in [1.165, 1.54) is 6.26 Å². The van der Waals surface area contributed by atoms with E-state index in [1.807, 2.05) is 20.8 Å². The minimum atomic E-state index is -2.99. The smallest absolute Gasteiger partial charge is 0.240 e. The summed E-state index contributed by atoms with van der Waals surface area (Å²) in [5.74, 6) is -0.164. The van der Waals surface area contributed by atoms with Crippen LogP contribution in [-0.4, -0.2) is 51.1 Å². The third kappa shape index (κ3) is 3.51. The molecule has 0 spiro atoms. The van der Waals surface area contributed by atoms with E-state index in [-0.39, 0.29) is 17.8 Å². The van der Waals surface area contributed by atoms with Crippen LogP contribution in [0, 0.1) is 5.41 Å². The molecule has 6 nitrogen and oxygen atoms in total. The molecular formula is C13H26N2O4S. The second-order valence-electron chi connectivity index (χ2n) is 6.08. The van der Waals surface area contributed by atoms with Crippen molar-refractivity contribution >= 4 is 15.7 Å². The normalized spacial score (nSPS) is 28.8. The van der Waals surface area contributed by atoms with E-state index >= 15 is 0 Å². The maximum atomic E-state index is 12.2. The lowest BCUT2D eigenvalue weighted by molar-refractivity contribution is -0.170. The highest BCUT2D eigenvalue weighted by Gasteiger charge is 2.62. The SMILES string of the molecule is CCOC1CC(N)(C(=O)NCCCS(C)(=O)=O)C1(C)C. The predicted octanol–water partition coefficient (Wildman–Crippen LogP) is 0.0698. The van der Waals surface area contributed by atoms with Crippen molar-refractivity contribution in [3.05, 3.63) is 0 Å². The molecule has 0 aromatic rings. The van der Waals surface area contributed by atoms with Crippen molar-refractivity contribution in [1.82, 2.24) is 5.32 Å². The molecule has 1 amide bonds. The van der Waals surface area contributed by atoms with Gasteiger partial charge in [-0.2, -0.15) is 0 Å². The standard InChI is InChI=1S/C13H26N2O4S/c1-5-19-10-9-13(14,12(10,2)3)11(16)15-7-6-8-20(4,17)18/h10H,5-9,14H2,1-4H3,(H,15,16). The fourth-order valence-corrected chi connectivity index (χ4v) is 3.18. The Kier molecular flexibility index (Phi) is 5.21. The van der Waals surface area contributed by atoms with E-state index in [0.29, 0.717) is 26.0 Å². The Bertz CT molecular complexity index is 461. The van der Waals surface area contributed by atoms with Gasteiger partial charge in [0.2, 0.25) is 5.91 Å². The predicted molar refractivity (Wildman–Crippen MR) is 78.1 cm³/mol. The Hall–Kier alpha value is -0.660. The Morgan fingerprint density at radius 1 is 1.45 bits per heavy atom. The summed E-state index contributed by atoms with van der Waals surface area (Å²) < 4.78 is 27.6. The molecule has 0 saturated heterocycles. The lowest BCUT2D eigenvalue weighted by atomic mass is 9.54. The zero-order chi connectivity index (χ0) is 15.6. The van der Waals surface area contributed by atoms with Gasteiger partial charge in [0.15, 0.2) is 0 Å². The molecule has 118 valence electrons. The second-order valence-corrected chi connectivity index (χ2v) is 8.34. The number of carbonyl (C=O) groups is 1. The van der Waals surface area contributed by atoms with E-state index in [1.54, 1.807) is 0 Å². The number of amides is 1. The summed E-state index contributed by atoms with van der Waals surface area (Å²) in [7, 11) is -2.99. The average molecular weight is 306 g/mol. The molecule has 0 aromatic carbocycles. The van der Waals surface area contributed by atoms with Crippen molar-refractivity contribution < 1.29 is 17.9 Å². The molecular weight excluding hydrogens is 280 g/mol. The van der Waals surface area contributed by atoms with E-state index < -0.39 is 20.8 Å². The lowest BCUT2D eigenvalue weighted by Crippen LogP contribution is -2.75. The van der Waals surface area contributed by atoms with Crippen LogP contribution >= 0.6 is 0 Å². The largest absolute Gasteiger partial charge is 0.378 e. The van der Waals surface area contributed by atoms with E-state index in [4.69, 9.17) is 10.5 Å². The minimum Gasteiger partial charge on any atom is -0.378 e. The van der Waals surface area contributed by atoms with Crippen LogP contribution in [0.5, 0.6) is 0 Å². The molecule has 0 aliphatic heterocycles. The number of hydrogen-bond donors (Lipinski definition) is 2. The maximum Gasteiger partial charge on any atom is 0.240 e. The van der Waals surface area contributed by atoms with Crippen LogP contribution in [0.4, 0.5) is 0 Å². The van der Waals surface area contributed by atoms with E-state index in [0.717, 1.165) is 0 Å². The van der Waals surface area contributed by atoms with Crippen LogP contribution in [-0.2, 0) is 19.4 Å². The van der Waals surface area contributed by atoms with Crippen molar-refractivity contribution in [1.29, 1.82) is 0 Å². The molecule has 7 heteroatoms. The van der Waals surface area contributed by atoms with E-state index in [2.05, 4.69) is 5.32 Å². The summed E-state index contributed by atoms with van der Waals surface area (Å²) in [6, 6.07) is 0. The maximum absolute atomic E-state index is 12.2. The summed E-state index contributed by atoms with van der Waals surface area (Å²) in [6.07, 6.45) is 2.06. The fourth-order valence-electron chi connectivity index (χ4n) is 2.51. The van der Waals surface area contributed by atoms with Gasteiger partial charge in [0.1, 0.15) is 15.4 Å². The molecule has 2 atom stereocenters. The topological polar surface area (TPSA) is 98.5 Å².